The molecule has 1 aromatic carbocycles. The number of hydrogen-bond acceptors (Lipinski definition) is 6. The van der Waals surface area contributed by atoms with Gasteiger partial charge in [0.25, 0.3) is 11.6 Å². The summed E-state index contributed by atoms with van der Waals surface area (Å²) in [5, 5.41) is 18.1. The first-order chi connectivity index (χ1) is 14.8. The quantitative estimate of drug-likeness (QED) is 0.392. The largest absolute Gasteiger partial charge is 0.345 e. The molecule has 0 atom stereocenters. The van der Waals surface area contributed by atoms with Gasteiger partial charge in [-0.1, -0.05) is 18.2 Å². The van der Waals surface area contributed by atoms with E-state index < -0.39 is 16.3 Å². The number of carbonyl (C=O) groups is 1. The average molecular weight is 418 g/mol. The number of amides is 1. The fourth-order valence-corrected chi connectivity index (χ4v) is 3.29. The van der Waals surface area contributed by atoms with Crippen LogP contribution >= 0.6 is 0 Å². The lowest BCUT2D eigenvalue weighted by molar-refractivity contribution is -0.384. The Kier molecular flexibility index (Phi) is 5.04. The Balaban J connectivity index is 1.64. The zero-order chi connectivity index (χ0) is 22.1. The molecule has 0 aliphatic rings. The zero-order valence-corrected chi connectivity index (χ0v) is 16.8. The third-order valence-corrected chi connectivity index (χ3v) is 4.79. The molecule has 0 saturated heterocycles. The highest BCUT2D eigenvalue weighted by Gasteiger charge is 2.20. The third-order valence-electron chi connectivity index (χ3n) is 4.79. The van der Waals surface area contributed by atoms with Crippen molar-refractivity contribution in [2.75, 3.05) is 0 Å². The van der Waals surface area contributed by atoms with E-state index in [0.717, 1.165) is 11.2 Å². The smallest absolute Gasteiger partial charge is 0.294 e. The zero-order valence-electron chi connectivity index (χ0n) is 16.8. The summed E-state index contributed by atoms with van der Waals surface area (Å²) in [6.45, 7) is 3.62. The van der Waals surface area contributed by atoms with Gasteiger partial charge in [0.05, 0.1) is 17.2 Å². The van der Waals surface area contributed by atoms with Crippen molar-refractivity contribution in [3.05, 3.63) is 97.8 Å². The maximum atomic E-state index is 12.7. The van der Waals surface area contributed by atoms with Crippen LogP contribution in [0.5, 0.6) is 0 Å². The second-order valence-corrected chi connectivity index (χ2v) is 6.99. The standard InChI is InChI=1S/C21H18N6O4/c1-13-6-5-9-25-12-15(23-20(13)25)11-22-21(29)19-18(28)10-14(2)26(24-19)16-7-3-4-8-17(16)27(30)31/h3-10,12H,11H2,1-2H3,(H,22,29). The normalized spacial score (nSPS) is 10.9. The molecular weight excluding hydrogens is 400 g/mol. The average Bonchev–Trinajstić information content (AvgIpc) is 3.17. The summed E-state index contributed by atoms with van der Waals surface area (Å²) in [6.07, 6.45) is 3.64. The highest BCUT2D eigenvalue weighted by Crippen LogP contribution is 2.22. The summed E-state index contributed by atoms with van der Waals surface area (Å²) in [5.74, 6) is -0.689. The Morgan fingerprint density at radius 1 is 1.19 bits per heavy atom. The maximum Gasteiger partial charge on any atom is 0.294 e. The number of benzene rings is 1. The molecule has 0 radical (unpaired) electrons. The van der Waals surface area contributed by atoms with Gasteiger partial charge in [-0.15, -0.1) is 0 Å². The Hall–Kier alpha value is -4.34. The van der Waals surface area contributed by atoms with E-state index in [4.69, 9.17) is 0 Å². The number of nitro benzene ring substituents is 1. The third kappa shape index (κ3) is 3.78. The van der Waals surface area contributed by atoms with Crippen molar-refractivity contribution in [1.29, 1.82) is 0 Å². The van der Waals surface area contributed by atoms with Crippen molar-refractivity contribution in [3.63, 3.8) is 0 Å². The molecule has 0 aliphatic carbocycles. The van der Waals surface area contributed by atoms with Crippen LogP contribution in [0.3, 0.4) is 0 Å². The Labute approximate surface area is 175 Å². The second-order valence-electron chi connectivity index (χ2n) is 6.99. The predicted octanol–water partition coefficient (Wildman–Crippen LogP) is 2.34. The van der Waals surface area contributed by atoms with E-state index in [1.165, 1.54) is 28.9 Å². The molecule has 10 heteroatoms. The Morgan fingerprint density at radius 3 is 2.71 bits per heavy atom. The fraction of sp³-hybridized carbons (Fsp3) is 0.143. The first-order valence-electron chi connectivity index (χ1n) is 9.41. The van der Waals surface area contributed by atoms with Crippen LogP contribution in [0.25, 0.3) is 11.3 Å². The van der Waals surface area contributed by atoms with Crippen LogP contribution in [-0.2, 0) is 6.54 Å². The van der Waals surface area contributed by atoms with Crippen LogP contribution in [0.1, 0.15) is 27.4 Å². The van der Waals surface area contributed by atoms with Crippen molar-refractivity contribution in [2.24, 2.45) is 0 Å². The predicted molar refractivity (Wildman–Crippen MR) is 112 cm³/mol. The highest BCUT2D eigenvalue weighted by atomic mass is 16.6. The summed E-state index contributed by atoms with van der Waals surface area (Å²) in [5.41, 5.74) is 1.80. The molecular formula is C21H18N6O4. The number of fused-ring (bicyclic) bond motifs is 1. The summed E-state index contributed by atoms with van der Waals surface area (Å²) in [7, 11) is 0. The van der Waals surface area contributed by atoms with Gasteiger partial charge in [-0.05, 0) is 31.5 Å². The van der Waals surface area contributed by atoms with E-state index in [-0.39, 0.29) is 23.6 Å². The monoisotopic (exact) mass is 418 g/mol. The minimum atomic E-state index is -0.689. The van der Waals surface area contributed by atoms with Crippen LogP contribution in [0.2, 0.25) is 0 Å². The van der Waals surface area contributed by atoms with E-state index in [9.17, 15) is 19.7 Å². The van der Waals surface area contributed by atoms with Crippen molar-refractivity contribution in [3.8, 4) is 5.69 Å². The molecule has 1 N–H and O–H groups in total. The molecule has 4 aromatic rings. The molecule has 0 saturated carbocycles. The SMILES string of the molecule is Cc1cccn2cc(CNC(=O)c3nn(-c4ccccc4[N+](=O)[O-])c(C)cc3=O)nc12. The Morgan fingerprint density at radius 2 is 1.97 bits per heavy atom. The minimum Gasteiger partial charge on any atom is -0.345 e. The molecule has 0 fully saturated rings. The second kappa shape index (κ2) is 7.82. The van der Waals surface area contributed by atoms with Crippen molar-refractivity contribution >= 4 is 17.2 Å². The highest BCUT2D eigenvalue weighted by molar-refractivity contribution is 5.92. The summed E-state index contributed by atoms with van der Waals surface area (Å²) in [6, 6.07) is 11.0. The maximum absolute atomic E-state index is 12.7. The van der Waals surface area contributed by atoms with Crippen molar-refractivity contribution < 1.29 is 9.72 Å². The molecule has 0 aliphatic heterocycles. The molecule has 4 rings (SSSR count). The van der Waals surface area contributed by atoms with Crippen LogP contribution in [0.15, 0.2) is 59.7 Å². The number of aromatic nitrogens is 4. The van der Waals surface area contributed by atoms with Crippen LogP contribution < -0.4 is 10.7 Å². The first-order valence-corrected chi connectivity index (χ1v) is 9.41. The lowest BCUT2D eigenvalue weighted by Gasteiger charge is -2.11. The van der Waals surface area contributed by atoms with Crippen molar-refractivity contribution in [1.82, 2.24) is 24.5 Å². The minimum absolute atomic E-state index is 0.0977. The number of rotatable bonds is 5. The van der Waals surface area contributed by atoms with E-state index in [1.54, 1.807) is 19.2 Å². The number of hydrogen-bond donors (Lipinski definition) is 1. The molecule has 3 aromatic heterocycles. The van der Waals surface area contributed by atoms with Crippen LogP contribution in [0.4, 0.5) is 5.69 Å². The van der Waals surface area contributed by atoms with Gasteiger partial charge in [-0.25, -0.2) is 9.67 Å². The van der Waals surface area contributed by atoms with E-state index in [0.29, 0.717) is 11.4 Å². The number of imidazole rings is 1. The summed E-state index contributed by atoms with van der Waals surface area (Å²) in [4.78, 5) is 40.4. The molecule has 0 unspecified atom stereocenters. The molecule has 10 nitrogen and oxygen atoms in total. The van der Waals surface area contributed by atoms with E-state index in [1.807, 2.05) is 29.7 Å². The summed E-state index contributed by atoms with van der Waals surface area (Å²) >= 11 is 0. The number of nitro groups is 1. The Bertz CT molecular complexity index is 1390. The van der Waals surface area contributed by atoms with Gasteiger partial charge in [-0.2, -0.15) is 5.10 Å². The van der Waals surface area contributed by atoms with Gasteiger partial charge in [-0.3, -0.25) is 19.7 Å². The number of nitrogens with zero attached hydrogens (tertiary/aromatic N) is 5. The van der Waals surface area contributed by atoms with Gasteiger partial charge >= 0.3 is 0 Å². The van der Waals surface area contributed by atoms with Gasteiger partial charge in [0, 0.05) is 30.2 Å². The van der Waals surface area contributed by atoms with Gasteiger partial charge in [0.1, 0.15) is 11.3 Å². The molecule has 0 bridgehead atoms. The van der Waals surface area contributed by atoms with Gasteiger partial charge < -0.3 is 9.72 Å². The lowest BCUT2D eigenvalue weighted by Crippen LogP contribution is -2.31. The van der Waals surface area contributed by atoms with Crippen molar-refractivity contribution in [2.45, 2.75) is 20.4 Å². The number of para-hydroxylation sites is 2. The number of pyridine rings is 1. The molecule has 3 heterocycles. The number of carbonyl (C=O) groups excluding carboxylic acids is 1. The van der Waals surface area contributed by atoms with E-state index >= 15 is 0 Å². The lowest BCUT2D eigenvalue weighted by atomic mass is 10.2. The fourth-order valence-electron chi connectivity index (χ4n) is 3.29. The van der Waals surface area contributed by atoms with Gasteiger partial charge in [0.2, 0.25) is 5.43 Å². The van der Waals surface area contributed by atoms with Crippen LogP contribution in [-0.4, -0.2) is 30.0 Å². The number of aryl methyl sites for hydroxylation is 2. The molecule has 1 amide bonds. The van der Waals surface area contributed by atoms with Crippen LogP contribution in [0, 0.1) is 24.0 Å². The van der Waals surface area contributed by atoms with E-state index in [2.05, 4.69) is 15.4 Å². The molecule has 0 spiro atoms. The topological polar surface area (TPSA) is 124 Å². The van der Waals surface area contributed by atoms with Gasteiger partial charge in [0.15, 0.2) is 5.69 Å². The molecule has 31 heavy (non-hydrogen) atoms. The number of nitrogens with one attached hydrogen (secondary N) is 1. The molecule has 156 valence electrons. The first kappa shape index (κ1) is 20.0. The summed E-state index contributed by atoms with van der Waals surface area (Å²) < 4.78 is 3.07.